The fourth-order valence-electron chi connectivity index (χ4n) is 3.05. The second kappa shape index (κ2) is 6.22. The summed E-state index contributed by atoms with van der Waals surface area (Å²) in [5, 5.41) is 6.79. The van der Waals surface area contributed by atoms with Gasteiger partial charge in [-0.1, -0.05) is 26.7 Å². The Labute approximate surface area is 116 Å². The second-order valence-electron chi connectivity index (χ2n) is 5.87. The van der Waals surface area contributed by atoms with Crippen LogP contribution in [0.15, 0.2) is 6.33 Å². The van der Waals surface area contributed by atoms with Gasteiger partial charge in [0.05, 0.1) is 0 Å². The van der Waals surface area contributed by atoms with E-state index in [-0.39, 0.29) is 0 Å². The van der Waals surface area contributed by atoms with Crippen LogP contribution in [0, 0.1) is 5.92 Å². The summed E-state index contributed by atoms with van der Waals surface area (Å²) < 4.78 is 0. The van der Waals surface area contributed by atoms with E-state index in [0.717, 1.165) is 17.6 Å². The molecule has 4 heteroatoms. The van der Waals surface area contributed by atoms with Gasteiger partial charge >= 0.3 is 0 Å². The zero-order chi connectivity index (χ0) is 13.8. The molecule has 1 aliphatic carbocycles. The first-order chi connectivity index (χ1) is 9.13. The average Bonchev–Trinajstić information content (AvgIpc) is 2.92. The van der Waals surface area contributed by atoms with Crippen molar-refractivity contribution in [2.75, 3.05) is 17.7 Å². The lowest BCUT2D eigenvalue weighted by molar-refractivity contribution is 0.480. The quantitative estimate of drug-likeness (QED) is 0.850. The molecule has 1 fully saturated rings. The van der Waals surface area contributed by atoms with E-state index in [2.05, 4.69) is 41.4 Å². The van der Waals surface area contributed by atoms with Crippen molar-refractivity contribution >= 4 is 11.6 Å². The lowest BCUT2D eigenvalue weighted by Gasteiger charge is -2.24. The van der Waals surface area contributed by atoms with Gasteiger partial charge in [-0.15, -0.1) is 0 Å². The molecule has 1 atom stereocenters. The second-order valence-corrected chi connectivity index (χ2v) is 5.87. The van der Waals surface area contributed by atoms with Gasteiger partial charge in [-0.25, -0.2) is 9.97 Å². The summed E-state index contributed by atoms with van der Waals surface area (Å²) in [7, 11) is 1.92. The van der Waals surface area contributed by atoms with Crippen LogP contribution in [0.2, 0.25) is 0 Å². The highest BCUT2D eigenvalue weighted by Crippen LogP contribution is 2.32. The minimum Gasteiger partial charge on any atom is -0.373 e. The minimum atomic E-state index is 0.405. The van der Waals surface area contributed by atoms with Crippen molar-refractivity contribution < 1.29 is 0 Å². The highest BCUT2D eigenvalue weighted by atomic mass is 15.1. The van der Waals surface area contributed by atoms with Crippen LogP contribution >= 0.6 is 0 Å². The van der Waals surface area contributed by atoms with Crippen LogP contribution in [0.4, 0.5) is 11.6 Å². The zero-order valence-electron chi connectivity index (χ0n) is 12.5. The van der Waals surface area contributed by atoms with Crippen LogP contribution in [0.5, 0.6) is 0 Å². The summed E-state index contributed by atoms with van der Waals surface area (Å²) in [6, 6.07) is 0.486. The van der Waals surface area contributed by atoms with Crippen LogP contribution < -0.4 is 10.6 Å². The number of nitrogens with one attached hydrogen (secondary N) is 2. The molecule has 0 saturated heterocycles. The smallest absolute Gasteiger partial charge is 0.135 e. The van der Waals surface area contributed by atoms with Crippen molar-refractivity contribution in [1.82, 2.24) is 9.97 Å². The molecule has 19 heavy (non-hydrogen) atoms. The average molecular weight is 262 g/mol. The molecule has 0 bridgehead atoms. The Bertz CT molecular complexity index is 411. The minimum absolute atomic E-state index is 0.405. The lowest BCUT2D eigenvalue weighted by atomic mass is 9.98. The number of rotatable bonds is 5. The van der Waals surface area contributed by atoms with Crippen LogP contribution in [0.3, 0.4) is 0 Å². The highest BCUT2D eigenvalue weighted by Gasteiger charge is 2.23. The summed E-state index contributed by atoms with van der Waals surface area (Å²) in [5.41, 5.74) is 1.19. The Morgan fingerprint density at radius 2 is 1.74 bits per heavy atom. The van der Waals surface area contributed by atoms with E-state index in [0.29, 0.717) is 12.0 Å². The molecule has 2 N–H and O–H groups in total. The van der Waals surface area contributed by atoms with Crippen LogP contribution in [0.25, 0.3) is 0 Å². The van der Waals surface area contributed by atoms with Crippen LogP contribution in [-0.2, 0) is 0 Å². The normalized spacial score (nSPS) is 17.7. The Morgan fingerprint density at radius 3 is 2.32 bits per heavy atom. The molecule has 4 nitrogen and oxygen atoms in total. The molecule has 1 unspecified atom stereocenters. The Hall–Kier alpha value is -1.32. The van der Waals surface area contributed by atoms with E-state index in [9.17, 15) is 0 Å². The molecule has 1 aliphatic rings. The maximum Gasteiger partial charge on any atom is 0.135 e. The topological polar surface area (TPSA) is 49.8 Å². The highest BCUT2D eigenvalue weighted by molar-refractivity contribution is 5.59. The Morgan fingerprint density at radius 1 is 1.11 bits per heavy atom. The predicted molar refractivity (Wildman–Crippen MR) is 80.7 cm³/mol. The molecule has 1 saturated carbocycles. The summed E-state index contributed by atoms with van der Waals surface area (Å²) in [6.45, 7) is 6.65. The molecule has 1 heterocycles. The first kappa shape index (κ1) is 14.1. The van der Waals surface area contributed by atoms with Gasteiger partial charge in [0.2, 0.25) is 0 Å². The standard InChI is InChI=1S/C15H26N4/c1-10(2)13-14(16-4)17-9-18-15(13)19-11(3)12-7-5-6-8-12/h9-12H,5-8H2,1-4H3,(H2,16,17,18,19). The van der Waals surface area contributed by atoms with E-state index in [1.165, 1.54) is 31.2 Å². The molecular weight excluding hydrogens is 236 g/mol. The molecule has 0 aromatic carbocycles. The van der Waals surface area contributed by atoms with Gasteiger partial charge < -0.3 is 10.6 Å². The fourth-order valence-corrected chi connectivity index (χ4v) is 3.05. The first-order valence-electron chi connectivity index (χ1n) is 7.42. The molecule has 0 radical (unpaired) electrons. The van der Waals surface area contributed by atoms with E-state index in [1.807, 2.05) is 7.05 Å². The van der Waals surface area contributed by atoms with Gasteiger partial charge in [-0.05, 0) is 31.6 Å². The van der Waals surface area contributed by atoms with Gasteiger partial charge in [0.15, 0.2) is 0 Å². The number of anilines is 2. The van der Waals surface area contributed by atoms with Crippen LogP contribution in [0.1, 0.15) is 57.9 Å². The van der Waals surface area contributed by atoms with E-state index in [1.54, 1.807) is 6.33 Å². The predicted octanol–water partition coefficient (Wildman–Crippen LogP) is 3.63. The fraction of sp³-hybridized carbons (Fsp3) is 0.733. The third-order valence-corrected chi connectivity index (χ3v) is 4.17. The maximum atomic E-state index is 4.46. The zero-order valence-corrected chi connectivity index (χ0v) is 12.5. The summed E-state index contributed by atoms with van der Waals surface area (Å²) in [5.74, 6) is 3.12. The van der Waals surface area contributed by atoms with Gasteiger partial charge in [0, 0.05) is 18.7 Å². The van der Waals surface area contributed by atoms with Gasteiger partial charge in [-0.3, -0.25) is 0 Å². The summed E-state index contributed by atoms with van der Waals surface area (Å²) in [4.78, 5) is 8.78. The van der Waals surface area contributed by atoms with Crippen LogP contribution in [-0.4, -0.2) is 23.1 Å². The van der Waals surface area contributed by atoms with Crippen molar-refractivity contribution in [2.24, 2.45) is 5.92 Å². The summed E-state index contributed by atoms with van der Waals surface area (Å²) in [6.07, 6.45) is 7.07. The number of hydrogen-bond acceptors (Lipinski definition) is 4. The van der Waals surface area contributed by atoms with Crippen molar-refractivity contribution in [3.05, 3.63) is 11.9 Å². The molecule has 0 amide bonds. The van der Waals surface area contributed by atoms with Gasteiger partial charge in [0.1, 0.15) is 18.0 Å². The summed E-state index contributed by atoms with van der Waals surface area (Å²) >= 11 is 0. The first-order valence-corrected chi connectivity index (χ1v) is 7.42. The third-order valence-electron chi connectivity index (χ3n) is 4.17. The molecule has 106 valence electrons. The number of nitrogens with zero attached hydrogens (tertiary/aromatic N) is 2. The Kier molecular flexibility index (Phi) is 4.61. The number of aromatic nitrogens is 2. The van der Waals surface area contributed by atoms with Crippen molar-refractivity contribution in [1.29, 1.82) is 0 Å². The Balaban J connectivity index is 2.18. The SMILES string of the molecule is CNc1ncnc(NC(C)C2CCCC2)c1C(C)C. The van der Waals surface area contributed by atoms with E-state index >= 15 is 0 Å². The lowest BCUT2D eigenvalue weighted by Crippen LogP contribution is -2.25. The van der Waals surface area contributed by atoms with Crippen molar-refractivity contribution in [3.8, 4) is 0 Å². The monoisotopic (exact) mass is 262 g/mol. The van der Waals surface area contributed by atoms with Gasteiger partial charge in [0.25, 0.3) is 0 Å². The van der Waals surface area contributed by atoms with Crippen molar-refractivity contribution in [3.63, 3.8) is 0 Å². The molecule has 1 aromatic heterocycles. The van der Waals surface area contributed by atoms with E-state index < -0.39 is 0 Å². The van der Waals surface area contributed by atoms with E-state index in [4.69, 9.17) is 0 Å². The largest absolute Gasteiger partial charge is 0.373 e. The molecule has 1 aromatic rings. The van der Waals surface area contributed by atoms with Gasteiger partial charge in [-0.2, -0.15) is 0 Å². The molecule has 0 spiro atoms. The number of hydrogen-bond donors (Lipinski definition) is 2. The van der Waals surface area contributed by atoms with Crippen molar-refractivity contribution in [2.45, 2.75) is 58.4 Å². The maximum absolute atomic E-state index is 4.46. The molecule has 0 aliphatic heterocycles. The molecular formula is C15H26N4. The molecule has 2 rings (SSSR count). The third kappa shape index (κ3) is 3.17.